The lowest BCUT2D eigenvalue weighted by atomic mass is 10.2. The zero-order valence-electron chi connectivity index (χ0n) is 16.0. The minimum atomic E-state index is -0.616. The topological polar surface area (TPSA) is 65.1 Å². The van der Waals surface area contributed by atoms with Crippen LogP contribution in [0.5, 0.6) is 11.5 Å². The van der Waals surface area contributed by atoms with Crippen molar-refractivity contribution in [2.75, 3.05) is 32.3 Å². The molecule has 0 heterocycles. The summed E-state index contributed by atoms with van der Waals surface area (Å²) in [6, 6.07) is 14.4. The van der Waals surface area contributed by atoms with Gasteiger partial charge in [-0.15, -0.1) is 6.58 Å². The van der Waals surface area contributed by atoms with Gasteiger partial charge in [0.05, 0.1) is 14.2 Å². The van der Waals surface area contributed by atoms with Crippen molar-refractivity contribution < 1.29 is 23.8 Å². The summed E-state index contributed by atoms with van der Waals surface area (Å²) in [7, 11) is 3.08. The zero-order valence-corrected chi connectivity index (χ0v) is 16.0. The van der Waals surface area contributed by atoms with Gasteiger partial charge < -0.3 is 19.1 Å². The maximum atomic E-state index is 12.4. The molecule has 0 radical (unpaired) electrons. The fourth-order valence-corrected chi connectivity index (χ4v) is 2.47. The van der Waals surface area contributed by atoms with E-state index in [1.165, 1.54) is 18.1 Å². The Morgan fingerprint density at radius 1 is 1.04 bits per heavy atom. The van der Waals surface area contributed by atoms with E-state index in [1.807, 2.05) is 18.2 Å². The molecule has 1 amide bonds. The lowest BCUT2D eigenvalue weighted by Gasteiger charge is -2.20. The van der Waals surface area contributed by atoms with Crippen LogP contribution in [0.4, 0.5) is 5.69 Å². The summed E-state index contributed by atoms with van der Waals surface area (Å²) in [5, 5.41) is 0. The Morgan fingerprint density at radius 3 is 2.39 bits per heavy atom. The monoisotopic (exact) mass is 381 g/mol. The van der Waals surface area contributed by atoms with E-state index in [-0.39, 0.29) is 12.5 Å². The second kappa shape index (κ2) is 10.6. The number of carbonyl (C=O) groups is 2. The molecule has 28 heavy (non-hydrogen) atoms. The minimum absolute atomic E-state index is 0.321. The third-order valence-corrected chi connectivity index (χ3v) is 3.84. The van der Waals surface area contributed by atoms with Crippen LogP contribution in [0.3, 0.4) is 0 Å². The van der Waals surface area contributed by atoms with Crippen LogP contribution < -0.4 is 14.4 Å². The molecule has 0 aliphatic rings. The van der Waals surface area contributed by atoms with Crippen LogP contribution in [0.2, 0.25) is 0 Å². The molecule has 0 fully saturated rings. The smallest absolute Gasteiger partial charge is 0.331 e. The highest BCUT2D eigenvalue weighted by atomic mass is 16.5. The first-order chi connectivity index (χ1) is 13.6. The lowest BCUT2D eigenvalue weighted by Crippen LogP contribution is -2.34. The Bertz CT molecular complexity index is 845. The van der Waals surface area contributed by atoms with E-state index >= 15 is 0 Å². The molecule has 6 nitrogen and oxygen atoms in total. The maximum absolute atomic E-state index is 12.4. The summed E-state index contributed by atoms with van der Waals surface area (Å²) in [6.45, 7) is 3.62. The van der Waals surface area contributed by atoms with Crippen molar-refractivity contribution in [3.05, 3.63) is 72.8 Å². The van der Waals surface area contributed by atoms with Crippen molar-refractivity contribution in [2.24, 2.45) is 0 Å². The zero-order chi connectivity index (χ0) is 20.4. The van der Waals surface area contributed by atoms with Crippen LogP contribution in [0.1, 0.15) is 5.56 Å². The largest absolute Gasteiger partial charge is 0.493 e. The van der Waals surface area contributed by atoms with Crippen molar-refractivity contribution in [2.45, 2.75) is 0 Å². The molecule has 0 atom stereocenters. The summed E-state index contributed by atoms with van der Waals surface area (Å²) < 4.78 is 15.5. The molecule has 0 bridgehead atoms. The van der Waals surface area contributed by atoms with Gasteiger partial charge in [-0.05, 0) is 35.9 Å². The number of carbonyl (C=O) groups excluding carboxylic acids is 2. The average molecular weight is 381 g/mol. The number of rotatable bonds is 9. The highest BCUT2D eigenvalue weighted by Crippen LogP contribution is 2.27. The number of amides is 1. The van der Waals surface area contributed by atoms with E-state index in [2.05, 4.69) is 6.58 Å². The number of benzene rings is 2. The predicted molar refractivity (Wildman–Crippen MR) is 109 cm³/mol. The molecule has 0 saturated heterocycles. The number of anilines is 1. The summed E-state index contributed by atoms with van der Waals surface area (Å²) in [5.41, 5.74) is 1.45. The predicted octanol–water partition coefficient (Wildman–Crippen LogP) is 3.48. The van der Waals surface area contributed by atoms with Gasteiger partial charge in [0, 0.05) is 18.3 Å². The molecular formula is C22H23NO5. The standard InChI is InChI=1S/C22H23NO5/c1-4-14-23(18-8-6-5-7-9-18)21(24)16-28-22(25)13-11-17-10-12-19(26-2)20(15-17)27-3/h4-13,15H,1,14,16H2,2-3H3/b13-11+. The average Bonchev–Trinajstić information content (AvgIpc) is 2.74. The molecule has 0 N–H and O–H groups in total. The van der Waals surface area contributed by atoms with E-state index < -0.39 is 5.97 Å². The fraction of sp³-hybridized carbons (Fsp3) is 0.182. The van der Waals surface area contributed by atoms with E-state index in [1.54, 1.807) is 49.6 Å². The Hall–Kier alpha value is -3.54. The third-order valence-electron chi connectivity index (χ3n) is 3.84. The second-order valence-electron chi connectivity index (χ2n) is 5.68. The van der Waals surface area contributed by atoms with Gasteiger partial charge in [0.15, 0.2) is 18.1 Å². The first-order valence-electron chi connectivity index (χ1n) is 8.62. The molecule has 0 spiro atoms. The van der Waals surface area contributed by atoms with Gasteiger partial charge in [0.25, 0.3) is 5.91 Å². The summed E-state index contributed by atoms with van der Waals surface area (Å²) in [5.74, 6) is 0.195. The molecular weight excluding hydrogens is 358 g/mol. The van der Waals surface area contributed by atoms with Crippen molar-refractivity contribution in [1.29, 1.82) is 0 Å². The van der Waals surface area contributed by atoms with Gasteiger partial charge in [-0.3, -0.25) is 4.79 Å². The van der Waals surface area contributed by atoms with Crippen molar-refractivity contribution in [3.63, 3.8) is 0 Å². The number of ether oxygens (including phenoxy) is 3. The van der Waals surface area contributed by atoms with Gasteiger partial charge in [-0.2, -0.15) is 0 Å². The van der Waals surface area contributed by atoms with Gasteiger partial charge in [0.2, 0.25) is 0 Å². The maximum Gasteiger partial charge on any atom is 0.331 e. The minimum Gasteiger partial charge on any atom is -0.493 e. The van der Waals surface area contributed by atoms with E-state index in [9.17, 15) is 9.59 Å². The van der Waals surface area contributed by atoms with E-state index in [4.69, 9.17) is 14.2 Å². The van der Waals surface area contributed by atoms with E-state index in [0.717, 1.165) is 5.56 Å². The van der Waals surface area contributed by atoms with Crippen molar-refractivity contribution in [1.82, 2.24) is 0 Å². The number of esters is 1. The van der Waals surface area contributed by atoms with Gasteiger partial charge in [0.1, 0.15) is 0 Å². The molecule has 0 unspecified atom stereocenters. The summed E-state index contributed by atoms with van der Waals surface area (Å²) in [6.07, 6.45) is 4.45. The molecule has 0 saturated carbocycles. The lowest BCUT2D eigenvalue weighted by molar-refractivity contribution is -0.142. The van der Waals surface area contributed by atoms with Gasteiger partial charge >= 0.3 is 5.97 Å². The number of nitrogens with zero attached hydrogens (tertiary/aromatic N) is 1. The summed E-state index contributed by atoms with van der Waals surface area (Å²) >= 11 is 0. The number of methoxy groups -OCH3 is 2. The first kappa shape index (κ1) is 20.8. The molecule has 2 aromatic carbocycles. The molecule has 0 aliphatic carbocycles. The summed E-state index contributed by atoms with van der Waals surface area (Å²) in [4.78, 5) is 25.9. The van der Waals surface area contributed by atoms with E-state index in [0.29, 0.717) is 23.7 Å². The van der Waals surface area contributed by atoms with Gasteiger partial charge in [-0.25, -0.2) is 4.79 Å². The quantitative estimate of drug-likeness (QED) is 0.378. The van der Waals surface area contributed by atoms with Crippen LogP contribution in [-0.2, 0) is 14.3 Å². The van der Waals surface area contributed by atoms with Crippen LogP contribution >= 0.6 is 0 Å². The van der Waals surface area contributed by atoms with Crippen LogP contribution in [0.15, 0.2) is 67.3 Å². The second-order valence-corrected chi connectivity index (χ2v) is 5.68. The van der Waals surface area contributed by atoms with Crippen LogP contribution in [0.25, 0.3) is 6.08 Å². The Morgan fingerprint density at radius 2 is 1.75 bits per heavy atom. The Kier molecular flexibility index (Phi) is 7.84. The highest BCUT2D eigenvalue weighted by Gasteiger charge is 2.15. The number of hydrogen-bond donors (Lipinski definition) is 0. The first-order valence-corrected chi connectivity index (χ1v) is 8.62. The van der Waals surface area contributed by atoms with Crippen molar-refractivity contribution in [3.8, 4) is 11.5 Å². The molecule has 2 aromatic rings. The molecule has 2 rings (SSSR count). The Balaban J connectivity index is 1.96. The van der Waals surface area contributed by atoms with Crippen LogP contribution in [0, 0.1) is 0 Å². The fourth-order valence-electron chi connectivity index (χ4n) is 2.47. The van der Waals surface area contributed by atoms with Gasteiger partial charge in [-0.1, -0.05) is 30.3 Å². The normalized spacial score (nSPS) is 10.4. The third kappa shape index (κ3) is 5.74. The highest BCUT2D eigenvalue weighted by molar-refractivity contribution is 5.96. The SMILES string of the molecule is C=CCN(C(=O)COC(=O)/C=C/c1ccc(OC)c(OC)c1)c1ccccc1. The van der Waals surface area contributed by atoms with Crippen LogP contribution in [-0.4, -0.2) is 39.2 Å². The number of para-hydroxylation sites is 1. The molecule has 146 valence electrons. The number of hydrogen-bond acceptors (Lipinski definition) is 5. The van der Waals surface area contributed by atoms with Crippen molar-refractivity contribution >= 4 is 23.6 Å². The molecule has 0 aromatic heterocycles. The molecule has 6 heteroatoms. The molecule has 0 aliphatic heterocycles. The Labute approximate surface area is 164 Å².